The molecule has 0 bridgehead atoms. The number of hydrogen-bond donors (Lipinski definition) is 1. The monoisotopic (exact) mass is 313 g/mol. The lowest BCUT2D eigenvalue weighted by atomic mass is 10.0. The molecule has 0 aliphatic carbocycles. The number of amides is 1. The maximum atomic E-state index is 12.6. The summed E-state index contributed by atoms with van der Waals surface area (Å²) in [5, 5.41) is 7.02. The molecule has 1 aromatic carbocycles. The smallest absolute Gasteiger partial charge is 0.279 e. The summed E-state index contributed by atoms with van der Waals surface area (Å²) in [6.07, 6.45) is 0. The minimum absolute atomic E-state index is 0.163. The van der Waals surface area contributed by atoms with Gasteiger partial charge in [0.2, 0.25) is 0 Å². The number of aromatic nitrogens is 2. The second kappa shape index (κ2) is 6.36. The van der Waals surface area contributed by atoms with E-state index in [4.69, 9.17) is 0 Å². The molecule has 1 heterocycles. The first-order valence-corrected chi connectivity index (χ1v) is 7.64. The first kappa shape index (κ1) is 16.9. The Kier molecular flexibility index (Phi) is 4.68. The third-order valence-electron chi connectivity index (χ3n) is 4.04. The van der Waals surface area contributed by atoms with Gasteiger partial charge < -0.3 is 5.32 Å². The molecule has 2 rings (SSSR count). The van der Waals surface area contributed by atoms with Crippen LogP contribution in [0.4, 0.5) is 0 Å². The summed E-state index contributed by atoms with van der Waals surface area (Å²) in [5.41, 5.74) is 4.40. The molecule has 1 N–H and O–H groups in total. The van der Waals surface area contributed by atoms with Crippen molar-refractivity contribution in [2.75, 3.05) is 0 Å². The van der Waals surface area contributed by atoms with Crippen molar-refractivity contribution in [3.8, 4) is 0 Å². The molecule has 0 fully saturated rings. The number of nitrogens with one attached hydrogen (secondary N) is 1. The quantitative estimate of drug-likeness (QED) is 0.947. The van der Waals surface area contributed by atoms with Crippen molar-refractivity contribution in [1.82, 2.24) is 15.1 Å². The summed E-state index contributed by atoms with van der Waals surface area (Å²) in [4.78, 5) is 24.8. The van der Waals surface area contributed by atoms with Crippen LogP contribution in [0.15, 0.2) is 23.0 Å². The van der Waals surface area contributed by atoms with Crippen LogP contribution in [-0.2, 0) is 7.05 Å². The Hall–Kier alpha value is -2.43. The zero-order valence-electron chi connectivity index (χ0n) is 14.5. The molecule has 1 atom stereocenters. The van der Waals surface area contributed by atoms with E-state index in [1.165, 1.54) is 4.68 Å². The van der Waals surface area contributed by atoms with Crippen LogP contribution in [-0.4, -0.2) is 15.7 Å². The number of nitrogens with zero attached hydrogens (tertiary/aromatic N) is 2. The van der Waals surface area contributed by atoms with Crippen LogP contribution in [0.3, 0.4) is 0 Å². The fourth-order valence-corrected chi connectivity index (χ4v) is 2.73. The van der Waals surface area contributed by atoms with E-state index in [0.717, 1.165) is 16.7 Å². The van der Waals surface area contributed by atoms with Crippen LogP contribution in [0.2, 0.25) is 0 Å². The highest BCUT2D eigenvalue weighted by Crippen LogP contribution is 2.17. The lowest BCUT2D eigenvalue weighted by Crippen LogP contribution is -2.36. The Morgan fingerprint density at radius 3 is 2.26 bits per heavy atom. The van der Waals surface area contributed by atoms with Gasteiger partial charge in [0.05, 0.1) is 11.7 Å². The number of carbonyl (C=O) groups is 1. The summed E-state index contributed by atoms with van der Waals surface area (Å²) in [5.74, 6) is -0.361. The van der Waals surface area contributed by atoms with E-state index >= 15 is 0 Å². The van der Waals surface area contributed by atoms with Crippen molar-refractivity contribution >= 4 is 5.91 Å². The Balaban J connectivity index is 2.34. The highest BCUT2D eigenvalue weighted by Gasteiger charge is 2.20. The summed E-state index contributed by atoms with van der Waals surface area (Å²) < 4.78 is 1.21. The van der Waals surface area contributed by atoms with Gasteiger partial charge in [-0.2, -0.15) is 5.10 Å². The van der Waals surface area contributed by atoms with Crippen LogP contribution in [0.5, 0.6) is 0 Å². The van der Waals surface area contributed by atoms with Gasteiger partial charge in [0.25, 0.3) is 11.5 Å². The normalized spacial score (nSPS) is 12.1. The molecule has 5 nitrogen and oxygen atoms in total. The molecule has 1 aromatic heterocycles. The van der Waals surface area contributed by atoms with E-state index in [1.807, 2.05) is 32.9 Å². The van der Waals surface area contributed by atoms with Gasteiger partial charge in [-0.25, -0.2) is 4.68 Å². The largest absolute Gasteiger partial charge is 0.345 e. The highest BCUT2D eigenvalue weighted by molar-refractivity contribution is 5.95. The zero-order valence-corrected chi connectivity index (χ0v) is 14.5. The van der Waals surface area contributed by atoms with E-state index in [-0.39, 0.29) is 23.1 Å². The van der Waals surface area contributed by atoms with Crippen LogP contribution >= 0.6 is 0 Å². The molecule has 0 aliphatic heterocycles. The summed E-state index contributed by atoms with van der Waals surface area (Å²) in [6, 6.07) is 5.99. The van der Waals surface area contributed by atoms with Crippen LogP contribution in [0, 0.1) is 27.7 Å². The summed E-state index contributed by atoms with van der Waals surface area (Å²) >= 11 is 0. The van der Waals surface area contributed by atoms with Crippen LogP contribution in [0.1, 0.15) is 51.3 Å². The first-order valence-electron chi connectivity index (χ1n) is 7.64. The summed E-state index contributed by atoms with van der Waals surface area (Å²) in [6.45, 7) is 9.51. The summed E-state index contributed by atoms with van der Waals surface area (Å²) in [7, 11) is 1.55. The maximum absolute atomic E-state index is 12.6. The Morgan fingerprint density at radius 1 is 1.13 bits per heavy atom. The highest BCUT2D eigenvalue weighted by atomic mass is 16.2. The molecule has 1 amide bonds. The van der Waals surface area contributed by atoms with Gasteiger partial charge in [-0.05, 0) is 45.7 Å². The molecule has 0 spiro atoms. The minimum Gasteiger partial charge on any atom is -0.345 e. The molecule has 23 heavy (non-hydrogen) atoms. The molecular weight excluding hydrogens is 290 g/mol. The van der Waals surface area contributed by atoms with Gasteiger partial charge in [0.15, 0.2) is 0 Å². The van der Waals surface area contributed by atoms with Gasteiger partial charge in [-0.1, -0.05) is 29.3 Å². The van der Waals surface area contributed by atoms with Gasteiger partial charge in [-0.3, -0.25) is 9.59 Å². The van der Waals surface area contributed by atoms with Crippen molar-refractivity contribution < 1.29 is 4.79 Å². The van der Waals surface area contributed by atoms with E-state index in [2.05, 4.69) is 16.5 Å². The van der Waals surface area contributed by atoms with Crippen molar-refractivity contribution in [3.05, 3.63) is 62.1 Å². The van der Waals surface area contributed by atoms with Gasteiger partial charge in [0.1, 0.15) is 5.56 Å². The molecule has 0 aliphatic rings. The predicted molar refractivity (Wildman–Crippen MR) is 90.7 cm³/mol. The molecule has 0 saturated carbocycles. The van der Waals surface area contributed by atoms with E-state index in [9.17, 15) is 9.59 Å². The molecule has 0 radical (unpaired) electrons. The fourth-order valence-electron chi connectivity index (χ4n) is 2.73. The zero-order chi connectivity index (χ0) is 17.3. The molecular formula is C18H23N3O2. The molecule has 0 saturated heterocycles. The average molecular weight is 313 g/mol. The topological polar surface area (TPSA) is 64.0 Å². The number of aryl methyl sites for hydroxylation is 4. The Bertz CT molecular complexity index is 801. The van der Waals surface area contributed by atoms with E-state index in [1.54, 1.807) is 20.9 Å². The van der Waals surface area contributed by atoms with Crippen LogP contribution < -0.4 is 10.9 Å². The second-order valence-electron chi connectivity index (χ2n) is 6.13. The lowest BCUT2D eigenvalue weighted by Gasteiger charge is -2.17. The average Bonchev–Trinajstić information content (AvgIpc) is 2.44. The van der Waals surface area contributed by atoms with Crippen molar-refractivity contribution in [3.63, 3.8) is 0 Å². The van der Waals surface area contributed by atoms with E-state index < -0.39 is 0 Å². The number of benzene rings is 1. The number of hydrogen-bond acceptors (Lipinski definition) is 3. The third-order valence-corrected chi connectivity index (χ3v) is 4.04. The Morgan fingerprint density at radius 2 is 1.70 bits per heavy atom. The van der Waals surface area contributed by atoms with Gasteiger partial charge >= 0.3 is 0 Å². The van der Waals surface area contributed by atoms with Gasteiger partial charge in [0, 0.05) is 7.05 Å². The molecule has 122 valence electrons. The molecule has 2 aromatic rings. The third kappa shape index (κ3) is 3.50. The van der Waals surface area contributed by atoms with E-state index in [0.29, 0.717) is 11.3 Å². The molecule has 5 heteroatoms. The predicted octanol–water partition coefficient (Wildman–Crippen LogP) is 2.50. The number of rotatable bonds is 3. The maximum Gasteiger partial charge on any atom is 0.279 e. The minimum atomic E-state index is -0.377. The second-order valence-corrected chi connectivity index (χ2v) is 6.13. The van der Waals surface area contributed by atoms with Crippen molar-refractivity contribution in [1.29, 1.82) is 0 Å². The lowest BCUT2D eigenvalue weighted by molar-refractivity contribution is 0.0936. The van der Waals surface area contributed by atoms with Gasteiger partial charge in [-0.15, -0.1) is 0 Å². The first-order chi connectivity index (χ1) is 10.7. The standard InChI is InChI=1S/C18H23N3O2/c1-10-7-11(2)9-15(8-10)14(5)19-17(22)16-12(3)13(4)20-21(6)18(16)23/h7-9,14H,1-6H3,(H,19,22)/t14-/m0/s1. The Labute approximate surface area is 136 Å². The van der Waals surface area contributed by atoms with Crippen LogP contribution in [0.25, 0.3) is 0 Å². The van der Waals surface area contributed by atoms with Crippen molar-refractivity contribution in [2.24, 2.45) is 7.05 Å². The fraction of sp³-hybridized carbons (Fsp3) is 0.389. The number of carbonyl (C=O) groups excluding carboxylic acids is 1. The molecule has 0 unspecified atom stereocenters. The SMILES string of the molecule is Cc1cc(C)cc([C@H](C)NC(=O)c2c(C)c(C)nn(C)c2=O)c1. The van der Waals surface area contributed by atoms with Crippen molar-refractivity contribution in [2.45, 2.75) is 40.7 Å².